The monoisotopic (exact) mass is 171 g/mol. The first-order chi connectivity index (χ1) is 5.38. The van der Waals surface area contributed by atoms with E-state index in [0.717, 1.165) is 6.08 Å². The molecular weight excluding hydrogens is 154 g/mol. The van der Waals surface area contributed by atoms with Gasteiger partial charge in [0.1, 0.15) is 0 Å². The summed E-state index contributed by atoms with van der Waals surface area (Å²) in [5.41, 5.74) is 5.47. The van der Waals surface area contributed by atoms with E-state index < -0.39 is 5.97 Å². The fraction of sp³-hybridized carbons (Fsp3) is 0.667. The topological polar surface area (TPSA) is 52.3 Å². The summed E-state index contributed by atoms with van der Waals surface area (Å²) in [6.45, 7) is 9.38. The van der Waals surface area contributed by atoms with Crippen molar-refractivity contribution >= 4 is 5.97 Å². The van der Waals surface area contributed by atoms with Crippen molar-refractivity contribution in [3.63, 3.8) is 0 Å². The van der Waals surface area contributed by atoms with Gasteiger partial charge in [0.15, 0.2) is 0 Å². The summed E-state index contributed by atoms with van der Waals surface area (Å²) in [6.07, 6.45) is 1.15. The Balaban J connectivity index is 3.79. The van der Waals surface area contributed by atoms with Crippen molar-refractivity contribution in [2.24, 2.45) is 11.7 Å². The molecule has 0 bridgehead atoms. The second kappa shape index (κ2) is 4.26. The highest BCUT2D eigenvalue weighted by Gasteiger charge is 2.21. The van der Waals surface area contributed by atoms with Crippen molar-refractivity contribution in [2.45, 2.75) is 26.3 Å². The molecule has 0 rings (SSSR count). The molecule has 0 saturated carbocycles. The third-order valence-electron chi connectivity index (χ3n) is 1.91. The van der Waals surface area contributed by atoms with Crippen LogP contribution >= 0.6 is 0 Å². The molecule has 0 aliphatic carbocycles. The lowest BCUT2D eigenvalue weighted by Gasteiger charge is -2.26. The Morgan fingerprint density at radius 1 is 1.75 bits per heavy atom. The third-order valence-corrected chi connectivity index (χ3v) is 1.91. The summed E-state index contributed by atoms with van der Waals surface area (Å²) in [5, 5.41) is 0. The molecule has 0 aromatic heterocycles. The van der Waals surface area contributed by atoms with Gasteiger partial charge in [0.25, 0.3) is 0 Å². The highest BCUT2D eigenvalue weighted by atomic mass is 16.5. The van der Waals surface area contributed by atoms with Crippen LogP contribution in [0.15, 0.2) is 12.7 Å². The van der Waals surface area contributed by atoms with Gasteiger partial charge in [-0.3, -0.25) is 0 Å². The lowest BCUT2D eigenvalue weighted by Crippen LogP contribution is -2.41. The highest BCUT2D eigenvalue weighted by Crippen LogP contribution is 2.12. The molecule has 2 N–H and O–H groups in total. The molecule has 0 aromatic carbocycles. The van der Waals surface area contributed by atoms with Crippen LogP contribution in [-0.4, -0.2) is 18.1 Å². The molecule has 0 aliphatic rings. The van der Waals surface area contributed by atoms with E-state index in [0.29, 0.717) is 6.61 Å². The lowest BCUT2D eigenvalue weighted by atomic mass is 9.91. The van der Waals surface area contributed by atoms with Crippen LogP contribution in [0.4, 0.5) is 0 Å². The SMILES string of the molecule is C=CC(=O)OCC(C)C(C)(C)N. The quantitative estimate of drug-likeness (QED) is 0.509. The average molecular weight is 171 g/mol. The third kappa shape index (κ3) is 4.13. The molecule has 1 atom stereocenters. The van der Waals surface area contributed by atoms with Gasteiger partial charge >= 0.3 is 5.97 Å². The maximum absolute atomic E-state index is 10.7. The molecule has 0 fully saturated rings. The number of rotatable bonds is 4. The van der Waals surface area contributed by atoms with Crippen LogP contribution in [0.3, 0.4) is 0 Å². The highest BCUT2D eigenvalue weighted by molar-refractivity contribution is 5.81. The van der Waals surface area contributed by atoms with Gasteiger partial charge in [-0.1, -0.05) is 13.5 Å². The van der Waals surface area contributed by atoms with E-state index >= 15 is 0 Å². The van der Waals surface area contributed by atoms with E-state index in [4.69, 9.17) is 10.5 Å². The van der Waals surface area contributed by atoms with Gasteiger partial charge in [0, 0.05) is 17.5 Å². The van der Waals surface area contributed by atoms with Crippen molar-refractivity contribution in [1.82, 2.24) is 0 Å². The number of ether oxygens (including phenoxy) is 1. The Morgan fingerprint density at radius 2 is 2.25 bits per heavy atom. The first-order valence-corrected chi connectivity index (χ1v) is 3.96. The number of hydrogen-bond acceptors (Lipinski definition) is 3. The van der Waals surface area contributed by atoms with Gasteiger partial charge in [-0.25, -0.2) is 4.79 Å². The predicted octanol–water partition coefficient (Wildman–Crippen LogP) is 1.09. The van der Waals surface area contributed by atoms with Gasteiger partial charge in [-0.05, 0) is 13.8 Å². The maximum Gasteiger partial charge on any atom is 0.330 e. The van der Waals surface area contributed by atoms with Crippen LogP contribution < -0.4 is 5.73 Å². The van der Waals surface area contributed by atoms with Crippen molar-refractivity contribution in [1.29, 1.82) is 0 Å². The van der Waals surface area contributed by atoms with Crippen molar-refractivity contribution in [3.8, 4) is 0 Å². The summed E-state index contributed by atoms with van der Waals surface area (Å²) < 4.78 is 4.84. The molecule has 0 radical (unpaired) electrons. The summed E-state index contributed by atoms with van der Waals surface area (Å²) in [6, 6.07) is 0. The molecule has 3 nitrogen and oxygen atoms in total. The van der Waals surface area contributed by atoms with E-state index in [1.807, 2.05) is 20.8 Å². The smallest absolute Gasteiger partial charge is 0.330 e. The minimum absolute atomic E-state index is 0.140. The maximum atomic E-state index is 10.7. The van der Waals surface area contributed by atoms with Gasteiger partial charge in [0.2, 0.25) is 0 Å². The Morgan fingerprint density at radius 3 is 2.58 bits per heavy atom. The Bertz CT molecular complexity index is 170. The molecule has 0 amide bonds. The van der Waals surface area contributed by atoms with Gasteiger partial charge in [-0.15, -0.1) is 0 Å². The summed E-state index contributed by atoms with van der Waals surface area (Å²) in [4.78, 5) is 10.7. The zero-order valence-electron chi connectivity index (χ0n) is 7.96. The van der Waals surface area contributed by atoms with Crippen LogP contribution in [0.1, 0.15) is 20.8 Å². The fourth-order valence-corrected chi connectivity index (χ4v) is 0.481. The second-order valence-corrected chi connectivity index (χ2v) is 3.56. The number of carbonyl (C=O) groups excluding carboxylic acids is 1. The van der Waals surface area contributed by atoms with Gasteiger partial charge in [-0.2, -0.15) is 0 Å². The Labute approximate surface area is 73.6 Å². The Kier molecular flexibility index (Phi) is 3.96. The van der Waals surface area contributed by atoms with Crippen LogP contribution in [0.2, 0.25) is 0 Å². The molecule has 1 unspecified atom stereocenters. The average Bonchev–Trinajstić information content (AvgIpc) is 1.97. The standard InChI is InChI=1S/C9H17NO2/c1-5-8(11)12-6-7(2)9(3,4)10/h5,7H,1,6,10H2,2-4H3. The summed E-state index contributed by atoms with van der Waals surface area (Å²) in [5.74, 6) is -0.257. The van der Waals surface area contributed by atoms with Crippen molar-refractivity contribution < 1.29 is 9.53 Å². The molecule has 0 heterocycles. The van der Waals surface area contributed by atoms with Gasteiger partial charge in [0.05, 0.1) is 6.61 Å². The molecule has 12 heavy (non-hydrogen) atoms. The zero-order chi connectivity index (χ0) is 9.78. The first kappa shape index (κ1) is 11.2. The number of esters is 1. The normalized spacial score (nSPS) is 13.7. The molecule has 0 aromatic rings. The second-order valence-electron chi connectivity index (χ2n) is 3.56. The zero-order valence-corrected chi connectivity index (χ0v) is 7.96. The lowest BCUT2D eigenvalue weighted by molar-refractivity contribution is -0.139. The molecule has 0 saturated heterocycles. The van der Waals surface area contributed by atoms with Crippen LogP contribution in [0.25, 0.3) is 0 Å². The van der Waals surface area contributed by atoms with E-state index in [1.165, 1.54) is 0 Å². The summed E-state index contributed by atoms with van der Waals surface area (Å²) in [7, 11) is 0. The van der Waals surface area contributed by atoms with Crippen LogP contribution in [0.5, 0.6) is 0 Å². The molecule has 70 valence electrons. The number of nitrogens with two attached hydrogens (primary N) is 1. The molecule has 3 heteroatoms. The molecule has 0 spiro atoms. The van der Waals surface area contributed by atoms with Gasteiger partial charge < -0.3 is 10.5 Å². The minimum Gasteiger partial charge on any atom is -0.462 e. The predicted molar refractivity (Wildman–Crippen MR) is 48.6 cm³/mol. The largest absolute Gasteiger partial charge is 0.462 e. The summed E-state index contributed by atoms with van der Waals surface area (Å²) >= 11 is 0. The first-order valence-electron chi connectivity index (χ1n) is 3.96. The van der Waals surface area contributed by atoms with Crippen LogP contribution in [-0.2, 0) is 9.53 Å². The van der Waals surface area contributed by atoms with E-state index in [2.05, 4.69) is 6.58 Å². The Hall–Kier alpha value is -0.830. The molecular formula is C9H17NO2. The fourth-order valence-electron chi connectivity index (χ4n) is 0.481. The van der Waals surface area contributed by atoms with E-state index in [1.54, 1.807) is 0 Å². The number of hydrogen-bond donors (Lipinski definition) is 1. The van der Waals surface area contributed by atoms with Crippen molar-refractivity contribution in [2.75, 3.05) is 6.61 Å². The van der Waals surface area contributed by atoms with E-state index in [-0.39, 0.29) is 11.5 Å². The molecule has 0 aliphatic heterocycles. The van der Waals surface area contributed by atoms with Crippen LogP contribution in [0, 0.1) is 5.92 Å². The van der Waals surface area contributed by atoms with E-state index in [9.17, 15) is 4.79 Å². The number of carbonyl (C=O) groups is 1. The minimum atomic E-state index is -0.397. The van der Waals surface area contributed by atoms with Crippen molar-refractivity contribution in [3.05, 3.63) is 12.7 Å².